The number of nitriles is 1. The van der Waals surface area contributed by atoms with Crippen LogP contribution in [-0.2, 0) is 12.8 Å². The summed E-state index contributed by atoms with van der Waals surface area (Å²) in [6.45, 7) is 8.89. The highest BCUT2D eigenvalue weighted by Gasteiger charge is 2.13. The van der Waals surface area contributed by atoms with E-state index in [1.165, 1.54) is 27.8 Å². The number of nitrogens with zero attached hydrogens (tertiary/aromatic N) is 1. The molecule has 0 aliphatic carbocycles. The molecule has 2 nitrogen and oxygen atoms in total. The molecule has 0 radical (unpaired) electrons. The number of hydrogen-bond donors (Lipinski definition) is 0. The molecule has 0 spiro atoms. The van der Waals surface area contributed by atoms with Gasteiger partial charge < -0.3 is 4.74 Å². The van der Waals surface area contributed by atoms with Gasteiger partial charge in [-0.15, -0.1) is 0 Å². The maximum absolute atomic E-state index is 8.84. The summed E-state index contributed by atoms with van der Waals surface area (Å²) in [4.78, 5) is 0. The second-order valence-electron chi connectivity index (χ2n) is 7.36. The molecule has 0 aliphatic rings. The Balaban J connectivity index is 2.50. The molecule has 0 amide bonds. The van der Waals surface area contributed by atoms with E-state index in [1.807, 2.05) is 0 Å². The van der Waals surface area contributed by atoms with E-state index in [2.05, 4.69) is 70.2 Å². The zero-order chi connectivity index (χ0) is 18.4. The normalized spacial score (nSPS) is 11.0. The fourth-order valence-corrected chi connectivity index (χ4v) is 3.25. The monoisotopic (exact) mass is 335 g/mol. The molecule has 0 saturated carbocycles. The molecule has 0 N–H and O–H groups in total. The van der Waals surface area contributed by atoms with Crippen molar-refractivity contribution in [2.75, 3.05) is 7.11 Å². The van der Waals surface area contributed by atoms with Crippen molar-refractivity contribution in [1.29, 1.82) is 5.26 Å². The van der Waals surface area contributed by atoms with Gasteiger partial charge in [0.15, 0.2) is 0 Å². The second kappa shape index (κ2) is 8.72. The van der Waals surface area contributed by atoms with E-state index in [0.717, 1.165) is 18.6 Å². The van der Waals surface area contributed by atoms with Crippen LogP contribution in [0.3, 0.4) is 0 Å². The van der Waals surface area contributed by atoms with Gasteiger partial charge in [-0.2, -0.15) is 5.26 Å². The number of aryl methyl sites for hydroxylation is 1. The summed E-state index contributed by atoms with van der Waals surface area (Å²) in [5.41, 5.74) is 6.39. The van der Waals surface area contributed by atoms with E-state index in [1.54, 1.807) is 7.11 Å². The van der Waals surface area contributed by atoms with Crippen LogP contribution in [0.25, 0.3) is 11.1 Å². The van der Waals surface area contributed by atoms with E-state index in [0.29, 0.717) is 18.3 Å². The van der Waals surface area contributed by atoms with Gasteiger partial charge in [-0.05, 0) is 64.6 Å². The van der Waals surface area contributed by atoms with Crippen LogP contribution in [0.5, 0.6) is 5.75 Å². The van der Waals surface area contributed by atoms with Gasteiger partial charge in [0.1, 0.15) is 5.75 Å². The third-order valence-corrected chi connectivity index (χ3v) is 4.49. The minimum Gasteiger partial charge on any atom is -0.496 e. The molecule has 25 heavy (non-hydrogen) atoms. The lowest BCUT2D eigenvalue weighted by Gasteiger charge is -2.17. The quantitative estimate of drug-likeness (QED) is 0.609. The molecule has 0 atom stereocenters. The van der Waals surface area contributed by atoms with Crippen molar-refractivity contribution >= 4 is 0 Å². The summed E-state index contributed by atoms with van der Waals surface area (Å²) in [6, 6.07) is 15.4. The number of hydrogen-bond acceptors (Lipinski definition) is 2. The van der Waals surface area contributed by atoms with Crippen molar-refractivity contribution in [3.63, 3.8) is 0 Å². The van der Waals surface area contributed by atoms with Crippen LogP contribution in [0.1, 0.15) is 56.7 Å². The molecule has 2 rings (SSSR count). The second-order valence-corrected chi connectivity index (χ2v) is 7.36. The van der Waals surface area contributed by atoms with E-state index < -0.39 is 0 Å². The van der Waals surface area contributed by atoms with Crippen molar-refractivity contribution in [3.05, 3.63) is 53.1 Å². The SMILES string of the molecule is COc1ccc(-c2ccc(CCC#N)cc2CC(C)C)cc1C(C)C. The highest BCUT2D eigenvalue weighted by Crippen LogP contribution is 2.34. The molecule has 132 valence electrons. The maximum atomic E-state index is 8.84. The fraction of sp³-hybridized carbons (Fsp3) is 0.435. The summed E-state index contributed by atoms with van der Waals surface area (Å²) in [5, 5.41) is 8.84. The van der Waals surface area contributed by atoms with Crippen molar-refractivity contribution in [3.8, 4) is 22.9 Å². The Morgan fingerprint density at radius 2 is 1.80 bits per heavy atom. The van der Waals surface area contributed by atoms with Crippen molar-refractivity contribution in [2.24, 2.45) is 5.92 Å². The molecule has 0 fully saturated rings. The van der Waals surface area contributed by atoms with Crippen molar-refractivity contribution in [1.82, 2.24) is 0 Å². The first kappa shape index (κ1) is 19.1. The molecule has 0 heterocycles. The molecular weight excluding hydrogens is 306 g/mol. The van der Waals surface area contributed by atoms with E-state index >= 15 is 0 Å². The standard InChI is InChI=1S/C23H29NO/c1-16(2)13-20-14-18(7-6-12-24)8-10-21(20)19-9-11-23(25-5)22(15-19)17(3)4/h8-11,14-17H,6-7,13H2,1-5H3. The maximum Gasteiger partial charge on any atom is 0.122 e. The van der Waals surface area contributed by atoms with Crippen molar-refractivity contribution < 1.29 is 4.74 Å². The van der Waals surface area contributed by atoms with E-state index in [9.17, 15) is 0 Å². The Kier molecular flexibility index (Phi) is 6.65. The molecular formula is C23H29NO. The van der Waals surface area contributed by atoms with Gasteiger partial charge in [-0.25, -0.2) is 0 Å². The average Bonchev–Trinajstić information content (AvgIpc) is 2.59. The van der Waals surface area contributed by atoms with Gasteiger partial charge in [0.05, 0.1) is 13.2 Å². The Bertz CT molecular complexity index is 753. The highest BCUT2D eigenvalue weighted by atomic mass is 16.5. The topological polar surface area (TPSA) is 33.0 Å². The zero-order valence-corrected chi connectivity index (χ0v) is 16.1. The predicted octanol–water partition coefficient (Wildman–Crippen LogP) is 6.14. The van der Waals surface area contributed by atoms with Crippen LogP contribution >= 0.6 is 0 Å². The third kappa shape index (κ3) is 4.86. The van der Waals surface area contributed by atoms with Gasteiger partial charge in [0.25, 0.3) is 0 Å². The minimum atomic E-state index is 0.415. The minimum absolute atomic E-state index is 0.415. The van der Waals surface area contributed by atoms with Crippen LogP contribution in [0.2, 0.25) is 0 Å². The lowest BCUT2D eigenvalue weighted by atomic mass is 9.89. The number of rotatable bonds is 7. The first-order valence-corrected chi connectivity index (χ1v) is 9.13. The Hall–Kier alpha value is -2.27. The Morgan fingerprint density at radius 3 is 2.40 bits per heavy atom. The third-order valence-electron chi connectivity index (χ3n) is 4.49. The molecule has 0 bridgehead atoms. The van der Waals surface area contributed by atoms with Crippen molar-refractivity contribution in [2.45, 2.75) is 52.9 Å². The zero-order valence-electron chi connectivity index (χ0n) is 16.1. The summed E-state index contributed by atoms with van der Waals surface area (Å²) in [7, 11) is 1.73. The molecule has 2 aromatic rings. The van der Waals surface area contributed by atoms with E-state index in [-0.39, 0.29) is 0 Å². The van der Waals surface area contributed by atoms with E-state index in [4.69, 9.17) is 10.00 Å². The summed E-state index contributed by atoms with van der Waals surface area (Å²) in [5.74, 6) is 1.96. The Morgan fingerprint density at radius 1 is 1.04 bits per heavy atom. The highest BCUT2D eigenvalue weighted by molar-refractivity contribution is 5.70. The van der Waals surface area contributed by atoms with Crippen LogP contribution in [0.4, 0.5) is 0 Å². The summed E-state index contributed by atoms with van der Waals surface area (Å²) in [6.07, 6.45) is 2.43. The van der Waals surface area contributed by atoms with Gasteiger partial charge in [0, 0.05) is 6.42 Å². The van der Waals surface area contributed by atoms with Crippen LogP contribution in [0, 0.1) is 17.2 Å². The summed E-state index contributed by atoms with van der Waals surface area (Å²) < 4.78 is 5.53. The molecule has 0 aliphatic heterocycles. The Labute approximate surface area is 152 Å². The van der Waals surface area contributed by atoms with Gasteiger partial charge in [-0.1, -0.05) is 52.0 Å². The number of methoxy groups -OCH3 is 1. The molecule has 2 heteroatoms. The molecule has 0 saturated heterocycles. The smallest absolute Gasteiger partial charge is 0.122 e. The molecule has 2 aromatic carbocycles. The van der Waals surface area contributed by atoms with Crippen LogP contribution < -0.4 is 4.74 Å². The van der Waals surface area contributed by atoms with Gasteiger partial charge >= 0.3 is 0 Å². The average molecular weight is 335 g/mol. The van der Waals surface area contributed by atoms with Crippen LogP contribution in [0.15, 0.2) is 36.4 Å². The largest absolute Gasteiger partial charge is 0.496 e. The molecule has 0 unspecified atom stereocenters. The van der Waals surface area contributed by atoms with Gasteiger partial charge in [-0.3, -0.25) is 0 Å². The first-order chi connectivity index (χ1) is 12.0. The lowest BCUT2D eigenvalue weighted by molar-refractivity contribution is 0.407. The number of ether oxygens (including phenoxy) is 1. The summed E-state index contributed by atoms with van der Waals surface area (Å²) >= 11 is 0. The first-order valence-electron chi connectivity index (χ1n) is 9.13. The van der Waals surface area contributed by atoms with Gasteiger partial charge in [0.2, 0.25) is 0 Å². The fourth-order valence-electron chi connectivity index (χ4n) is 3.25. The molecule has 0 aromatic heterocycles. The number of benzene rings is 2. The predicted molar refractivity (Wildman–Crippen MR) is 105 cm³/mol. The van der Waals surface area contributed by atoms with Crippen LogP contribution in [-0.4, -0.2) is 7.11 Å². The lowest BCUT2D eigenvalue weighted by Crippen LogP contribution is -2.00.